The first kappa shape index (κ1) is 69.6. The van der Waals surface area contributed by atoms with Gasteiger partial charge in [0, 0.05) is 19.3 Å². The predicted octanol–water partition coefficient (Wildman–Crippen LogP) is 21.1. The van der Waals surface area contributed by atoms with Crippen LogP contribution in [0.15, 0.2) is 85.1 Å². The molecule has 0 bridgehead atoms. The number of rotatable bonds is 56. The smallest absolute Gasteiger partial charge is 0.306 e. The van der Waals surface area contributed by atoms with E-state index in [9.17, 15) is 14.4 Å². The summed E-state index contributed by atoms with van der Waals surface area (Å²) in [6, 6.07) is 0. The highest BCUT2D eigenvalue weighted by atomic mass is 16.6. The van der Waals surface area contributed by atoms with Gasteiger partial charge in [0.25, 0.3) is 0 Å². The molecule has 0 aliphatic rings. The number of hydrogen-bond donors (Lipinski definition) is 0. The van der Waals surface area contributed by atoms with Crippen LogP contribution >= 0.6 is 0 Å². The van der Waals surface area contributed by atoms with E-state index in [2.05, 4.69) is 106 Å². The second-order valence-electron chi connectivity index (χ2n) is 20.6. The molecule has 0 aromatic rings. The Morgan fingerprint density at radius 3 is 0.836 bits per heavy atom. The van der Waals surface area contributed by atoms with Gasteiger partial charge in [-0.15, -0.1) is 0 Å². The molecule has 0 fully saturated rings. The van der Waals surface area contributed by atoms with Gasteiger partial charge in [-0.25, -0.2) is 0 Å². The molecule has 0 heterocycles. The summed E-state index contributed by atoms with van der Waals surface area (Å²) in [5.74, 6) is -0.896. The molecule has 420 valence electrons. The van der Waals surface area contributed by atoms with Crippen molar-refractivity contribution in [3.05, 3.63) is 85.1 Å². The summed E-state index contributed by atoms with van der Waals surface area (Å²) < 4.78 is 16.9. The summed E-state index contributed by atoms with van der Waals surface area (Å²) in [6.07, 6.45) is 80.2. The summed E-state index contributed by atoms with van der Waals surface area (Å²) in [4.78, 5) is 38.1. The van der Waals surface area contributed by atoms with Crippen LogP contribution in [0.25, 0.3) is 0 Å². The molecule has 0 saturated carbocycles. The normalized spacial score (nSPS) is 12.6. The van der Waals surface area contributed by atoms with E-state index >= 15 is 0 Å². The van der Waals surface area contributed by atoms with Crippen molar-refractivity contribution in [1.29, 1.82) is 0 Å². The van der Waals surface area contributed by atoms with Crippen LogP contribution in [-0.2, 0) is 28.6 Å². The third-order valence-electron chi connectivity index (χ3n) is 13.4. The van der Waals surface area contributed by atoms with Crippen molar-refractivity contribution >= 4 is 17.9 Å². The number of unbranched alkanes of at least 4 members (excludes halogenated alkanes) is 31. The van der Waals surface area contributed by atoms with Crippen LogP contribution in [0.1, 0.15) is 303 Å². The minimum Gasteiger partial charge on any atom is -0.462 e. The monoisotopic (exact) mass is 1020 g/mol. The lowest BCUT2D eigenvalue weighted by atomic mass is 10.0. The molecular formula is C67H116O6. The van der Waals surface area contributed by atoms with E-state index in [0.717, 1.165) is 116 Å². The largest absolute Gasteiger partial charge is 0.462 e. The predicted molar refractivity (Wildman–Crippen MR) is 316 cm³/mol. The minimum atomic E-state index is -0.786. The highest BCUT2D eigenvalue weighted by Gasteiger charge is 2.19. The Morgan fingerprint density at radius 2 is 0.534 bits per heavy atom. The van der Waals surface area contributed by atoms with E-state index in [1.165, 1.54) is 148 Å². The second-order valence-corrected chi connectivity index (χ2v) is 20.6. The second kappa shape index (κ2) is 61.1. The number of allylic oxidation sites excluding steroid dienone is 14. The van der Waals surface area contributed by atoms with Crippen molar-refractivity contribution in [3.8, 4) is 0 Å². The van der Waals surface area contributed by atoms with Gasteiger partial charge in [-0.2, -0.15) is 0 Å². The number of carbonyl (C=O) groups is 3. The van der Waals surface area contributed by atoms with Crippen molar-refractivity contribution in [3.63, 3.8) is 0 Å². The van der Waals surface area contributed by atoms with Gasteiger partial charge < -0.3 is 14.2 Å². The highest BCUT2D eigenvalue weighted by Crippen LogP contribution is 2.16. The molecule has 0 N–H and O–H groups in total. The average molecular weight is 1020 g/mol. The quantitative estimate of drug-likeness (QED) is 0.0261. The van der Waals surface area contributed by atoms with Gasteiger partial charge in [0.15, 0.2) is 6.10 Å². The Bertz CT molecular complexity index is 1400. The Hall–Kier alpha value is -3.41. The van der Waals surface area contributed by atoms with Gasteiger partial charge in [0.05, 0.1) is 0 Å². The summed E-state index contributed by atoms with van der Waals surface area (Å²) in [6.45, 7) is 6.50. The molecule has 73 heavy (non-hydrogen) atoms. The molecule has 1 unspecified atom stereocenters. The van der Waals surface area contributed by atoms with Crippen LogP contribution < -0.4 is 0 Å². The molecule has 0 saturated heterocycles. The number of esters is 3. The SMILES string of the molecule is CC/C=C\C/C=C\C/C=C\C/C=C\C/C=C\CCCCCCCC(=O)OC(COC(=O)CCCCCCCCCCC)COC(=O)CCCCCCCCCCCCCCC/C=C\C/C=C\CCCCCCC. The molecule has 0 aromatic carbocycles. The topological polar surface area (TPSA) is 78.9 Å². The molecule has 0 amide bonds. The van der Waals surface area contributed by atoms with Crippen molar-refractivity contribution in [2.75, 3.05) is 13.2 Å². The molecule has 6 heteroatoms. The molecule has 0 aliphatic heterocycles. The first-order chi connectivity index (χ1) is 36.0. The Labute approximate surface area is 452 Å². The number of hydrogen-bond acceptors (Lipinski definition) is 6. The molecule has 0 rings (SSSR count). The van der Waals surface area contributed by atoms with Crippen LogP contribution in [0.5, 0.6) is 0 Å². The van der Waals surface area contributed by atoms with Crippen LogP contribution in [0, 0.1) is 0 Å². The van der Waals surface area contributed by atoms with E-state index in [-0.39, 0.29) is 31.1 Å². The van der Waals surface area contributed by atoms with Crippen molar-refractivity contribution < 1.29 is 28.6 Å². The van der Waals surface area contributed by atoms with Crippen LogP contribution in [-0.4, -0.2) is 37.2 Å². The number of ether oxygens (including phenoxy) is 3. The summed E-state index contributed by atoms with van der Waals surface area (Å²) >= 11 is 0. The summed E-state index contributed by atoms with van der Waals surface area (Å²) in [7, 11) is 0. The van der Waals surface area contributed by atoms with E-state index in [0.29, 0.717) is 19.3 Å². The van der Waals surface area contributed by atoms with Gasteiger partial charge in [0.2, 0.25) is 0 Å². The fraction of sp³-hybridized carbons (Fsp3) is 0.746. The molecule has 0 spiro atoms. The van der Waals surface area contributed by atoms with Crippen LogP contribution in [0.4, 0.5) is 0 Å². The van der Waals surface area contributed by atoms with E-state index < -0.39 is 6.10 Å². The Balaban J connectivity index is 4.25. The average Bonchev–Trinajstić information content (AvgIpc) is 3.39. The van der Waals surface area contributed by atoms with Gasteiger partial charge in [-0.05, 0) is 96.3 Å². The molecular weight excluding hydrogens is 901 g/mol. The van der Waals surface area contributed by atoms with E-state index in [1.807, 2.05) is 0 Å². The van der Waals surface area contributed by atoms with Crippen LogP contribution in [0.2, 0.25) is 0 Å². The maximum absolute atomic E-state index is 12.9. The highest BCUT2D eigenvalue weighted by molar-refractivity contribution is 5.71. The Kier molecular flexibility index (Phi) is 58.3. The van der Waals surface area contributed by atoms with Crippen LogP contribution in [0.3, 0.4) is 0 Å². The molecule has 0 aromatic heterocycles. The van der Waals surface area contributed by atoms with E-state index in [4.69, 9.17) is 14.2 Å². The molecule has 1 atom stereocenters. The zero-order chi connectivity index (χ0) is 52.9. The van der Waals surface area contributed by atoms with Crippen molar-refractivity contribution in [1.82, 2.24) is 0 Å². The van der Waals surface area contributed by atoms with Gasteiger partial charge >= 0.3 is 17.9 Å². The standard InChI is InChI=1S/C67H116O6/c1-4-7-10-13-16-19-21-23-25-27-29-31-32-33-34-36-37-39-41-43-45-48-51-54-57-60-66(69)72-63-64(62-71-65(68)59-56-53-50-47-18-15-12-9-6-3)73-67(70)61-58-55-52-49-46-44-42-40-38-35-30-28-26-24-22-20-17-14-11-8-5-2/h8,11,17,20-21,23-24,26-27,29-30,35,40,42,64H,4-7,9-10,12-16,18-19,22,25,28,31-34,36-39,41,43-63H2,1-3H3/b11-8-,20-17-,23-21-,26-24-,29-27-,35-30-,42-40-. The lowest BCUT2D eigenvalue weighted by Crippen LogP contribution is -2.30. The first-order valence-corrected chi connectivity index (χ1v) is 31.1. The molecule has 0 radical (unpaired) electrons. The lowest BCUT2D eigenvalue weighted by Gasteiger charge is -2.18. The van der Waals surface area contributed by atoms with Gasteiger partial charge in [-0.1, -0.05) is 273 Å². The van der Waals surface area contributed by atoms with Crippen molar-refractivity contribution in [2.45, 2.75) is 309 Å². The van der Waals surface area contributed by atoms with Crippen molar-refractivity contribution in [2.24, 2.45) is 0 Å². The summed E-state index contributed by atoms with van der Waals surface area (Å²) in [5.41, 5.74) is 0. The summed E-state index contributed by atoms with van der Waals surface area (Å²) in [5, 5.41) is 0. The molecule has 6 nitrogen and oxygen atoms in total. The third kappa shape index (κ3) is 59.3. The van der Waals surface area contributed by atoms with Gasteiger partial charge in [0.1, 0.15) is 13.2 Å². The zero-order valence-electron chi connectivity index (χ0n) is 48.1. The Morgan fingerprint density at radius 1 is 0.288 bits per heavy atom. The maximum Gasteiger partial charge on any atom is 0.306 e. The zero-order valence-corrected chi connectivity index (χ0v) is 48.1. The maximum atomic E-state index is 12.9. The molecule has 0 aliphatic carbocycles. The van der Waals surface area contributed by atoms with Gasteiger partial charge in [-0.3, -0.25) is 14.4 Å². The fourth-order valence-electron chi connectivity index (χ4n) is 8.74. The van der Waals surface area contributed by atoms with E-state index in [1.54, 1.807) is 0 Å². The minimum absolute atomic E-state index is 0.0826. The number of carbonyl (C=O) groups excluding carboxylic acids is 3. The fourth-order valence-corrected chi connectivity index (χ4v) is 8.74. The third-order valence-corrected chi connectivity index (χ3v) is 13.4. The first-order valence-electron chi connectivity index (χ1n) is 31.1. The lowest BCUT2D eigenvalue weighted by molar-refractivity contribution is -0.167.